The Hall–Kier alpha value is -2.20. The van der Waals surface area contributed by atoms with Crippen molar-refractivity contribution in [2.45, 2.75) is 6.29 Å². The highest BCUT2D eigenvalue weighted by molar-refractivity contribution is 5.93. The van der Waals surface area contributed by atoms with Gasteiger partial charge in [0.15, 0.2) is 6.29 Å². The lowest BCUT2D eigenvalue weighted by Crippen LogP contribution is -2.40. The number of aliphatic hydroxyl groups excluding tert-OH is 1. The van der Waals surface area contributed by atoms with Gasteiger partial charge in [-0.15, -0.1) is 0 Å². The second-order valence-corrected chi connectivity index (χ2v) is 5.40. The third-order valence-electron chi connectivity index (χ3n) is 4.45. The van der Waals surface area contributed by atoms with Crippen molar-refractivity contribution < 1.29 is 48.0 Å². The Kier molecular flexibility index (Phi) is 7.31. The van der Waals surface area contributed by atoms with Crippen LogP contribution in [0.4, 0.5) is 0 Å². The Morgan fingerprint density at radius 3 is 1.16 bits per heavy atom. The molecule has 25 heavy (non-hydrogen) atoms. The van der Waals surface area contributed by atoms with Crippen molar-refractivity contribution in [3.05, 3.63) is 0 Å². The molecule has 0 aliphatic heterocycles. The monoisotopic (exact) mass is 362 g/mol. The first-order chi connectivity index (χ1) is 11.8. The zero-order valence-corrected chi connectivity index (χ0v) is 14.6. The Bertz CT molecular complexity index is 488. The SMILES string of the molecule is COC(=O)[C@@H]1[C@H](C(=O)OC)[C@H](C(=O)OC)C([C@@H](O)OC)[C@@H]1C(=O)OC. The Labute approximate surface area is 144 Å². The minimum atomic E-state index is -1.64. The highest BCUT2D eigenvalue weighted by atomic mass is 16.6. The Balaban J connectivity index is 3.62. The first kappa shape index (κ1) is 20.8. The van der Waals surface area contributed by atoms with Crippen LogP contribution in [0.2, 0.25) is 0 Å². The van der Waals surface area contributed by atoms with Crippen molar-refractivity contribution in [1.29, 1.82) is 0 Å². The molecule has 10 nitrogen and oxygen atoms in total. The average molecular weight is 362 g/mol. The van der Waals surface area contributed by atoms with Crippen LogP contribution in [0.15, 0.2) is 0 Å². The van der Waals surface area contributed by atoms with E-state index in [1.54, 1.807) is 0 Å². The molecule has 0 heterocycles. The molecule has 0 saturated heterocycles. The number of methoxy groups -OCH3 is 5. The molecule has 142 valence electrons. The third kappa shape index (κ3) is 3.74. The Morgan fingerprint density at radius 1 is 0.640 bits per heavy atom. The summed E-state index contributed by atoms with van der Waals surface area (Å²) in [5.41, 5.74) is 0. The number of rotatable bonds is 6. The molecule has 1 rings (SSSR count). The summed E-state index contributed by atoms with van der Waals surface area (Å²) < 4.78 is 23.6. The van der Waals surface area contributed by atoms with Crippen molar-refractivity contribution in [3.8, 4) is 0 Å². The van der Waals surface area contributed by atoms with Gasteiger partial charge in [0.1, 0.15) is 0 Å². The Morgan fingerprint density at radius 2 is 0.920 bits per heavy atom. The van der Waals surface area contributed by atoms with Crippen LogP contribution in [0.1, 0.15) is 0 Å². The van der Waals surface area contributed by atoms with E-state index in [1.165, 1.54) is 0 Å². The van der Waals surface area contributed by atoms with Crippen molar-refractivity contribution in [3.63, 3.8) is 0 Å². The van der Waals surface area contributed by atoms with Crippen molar-refractivity contribution in [1.82, 2.24) is 0 Å². The molecule has 0 aromatic carbocycles. The number of esters is 4. The van der Waals surface area contributed by atoms with E-state index in [9.17, 15) is 24.3 Å². The summed E-state index contributed by atoms with van der Waals surface area (Å²) in [5.74, 6) is -10.5. The maximum absolute atomic E-state index is 12.3. The molecular weight excluding hydrogens is 340 g/mol. The lowest BCUT2D eigenvalue weighted by molar-refractivity contribution is -0.175. The fraction of sp³-hybridized carbons (Fsp3) is 0.733. The fourth-order valence-electron chi connectivity index (χ4n) is 3.40. The first-order valence-electron chi connectivity index (χ1n) is 7.32. The van der Waals surface area contributed by atoms with Gasteiger partial charge in [-0.1, -0.05) is 0 Å². The number of carbonyl (C=O) groups excluding carboxylic acids is 4. The second-order valence-electron chi connectivity index (χ2n) is 5.40. The number of carbonyl (C=O) groups is 4. The molecule has 1 unspecified atom stereocenters. The van der Waals surface area contributed by atoms with Gasteiger partial charge < -0.3 is 28.8 Å². The summed E-state index contributed by atoms with van der Waals surface area (Å²) in [6, 6.07) is 0. The molecule has 1 aliphatic rings. The molecule has 0 spiro atoms. The summed E-state index contributed by atoms with van der Waals surface area (Å²) in [6.07, 6.45) is -1.64. The summed E-state index contributed by atoms with van der Waals surface area (Å²) in [7, 11) is 5.43. The summed E-state index contributed by atoms with van der Waals surface area (Å²) in [6.45, 7) is 0. The van der Waals surface area contributed by atoms with E-state index in [1.807, 2.05) is 0 Å². The highest BCUT2D eigenvalue weighted by Crippen LogP contribution is 2.50. The van der Waals surface area contributed by atoms with E-state index in [0.29, 0.717) is 0 Å². The van der Waals surface area contributed by atoms with Gasteiger partial charge in [0.25, 0.3) is 0 Å². The van der Waals surface area contributed by atoms with Crippen LogP contribution >= 0.6 is 0 Å². The van der Waals surface area contributed by atoms with E-state index in [0.717, 1.165) is 35.5 Å². The lowest BCUT2D eigenvalue weighted by Gasteiger charge is -2.26. The molecule has 0 bridgehead atoms. The largest absolute Gasteiger partial charge is 0.469 e. The number of aliphatic hydroxyl groups is 1. The van der Waals surface area contributed by atoms with E-state index in [4.69, 9.17) is 4.74 Å². The van der Waals surface area contributed by atoms with Gasteiger partial charge >= 0.3 is 23.9 Å². The lowest BCUT2D eigenvalue weighted by atomic mass is 9.86. The second kappa shape index (κ2) is 8.77. The zero-order valence-electron chi connectivity index (χ0n) is 14.6. The molecule has 1 saturated carbocycles. The van der Waals surface area contributed by atoms with Gasteiger partial charge in [0.05, 0.1) is 52.1 Å². The van der Waals surface area contributed by atoms with Crippen LogP contribution in [0, 0.1) is 29.6 Å². The van der Waals surface area contributed by atoms with Gasteiger partial charge in [-0.05, 0) is 0 Å². The van der Waals surface area contributed by atoms with E-state index in [-0.39, 0.29) is 0 Å². The molecule has 6 atom stereocenters. The summed E-state index contributed by atoms with van der Waals surface area (Å²) >= 11 is 0. The predicted octanol–water partition coefficient (Wildman–Crippen LogP) is -1.26. The number of hydrogen-bond acceptors (Lipinski definition) is 10. The molecule has 0 radical (unpaired) electrons. The maximum Gasteiger partial charge on any atom is 0.310 e. The molecule has 0 aromatic rings. The zero-order chi connectivity index (χ0) is 19.3. The standard InChI is InChI=1S/C15H22O10/c1-21-11(16)6-7(12(17)22-2)9(14(19)24-4)10(15(20)25-5)8(6)13(18)23-3/h6-11,16H,1-5H3/t6?,7-,8+,9-,10+,11-/m0/s1. The maximum atomic E-state index is 12.3. The summed E-state index contributed by atoms with van der Waals surface area (Å²) in [4.78, 5) is 49.1. The predicted molar refractivity (Wildman–Crippen MR) is 78.5 cm³/mol. The number of ether oxygens (including phenoxy) is 5. The smallest absolute Gasteiger partial charge is 0.310 e. The minimum Gasteiger partial charge on any atom is -0.469 e. The van der Waals surface area contributed by atoms with Crippen LogP contribution < -0.4 is 0 Å². The van der Waals surface area contributed by atoms with Crippen LogP contribution in [-0.4, -0.2) is 70.8 Å². The minimum absolute atomic E-state index is 0.906. The molecule has 1 fully saturated rings. The van der Waals surface area contributed by atoms with Gasteiger partial charge in [-0.25, -0.2) is 0 Å². The quantitative estimate of drug-likeness (QED) is 0.346. The summed E-state index contributed by atoms with van der Waals surface area (Å²) in [5, 5.41) is 10.2. The first-order valence-corrected chi connectivity index (χ1v) is 7.32. The molecule has 1 N–H and O–H groups in total. The molecule has 0 aromatic heterocycles. The van der Waals surface area contributed by atoms with Gasteiger partial charge in [0, 0.05) is 13.0 Å². The fourth-order valence-corrected chi connectivity index (χ4v) is 3.40. The van der Waals surface area contributed by atoms with Crippen LogP contribution in [0.5, 0.6) is 0 Å². The van der Waals surface area contributed by atoms with Gasteiger partial charge in [-0.3, -0.25) is 19.2 Å². The van der Waals surface area contributed by atoms with E-state index < -0.39 is 59.8 Å². The van der Waals surface area contributed by atoms with Crippen molar-refractivity contribution >= 4 is 23.9 Å². The third-order valence-corrected chi connectivity index (χ3v) is 4.45. The van der Waals surface area contributed by atoms with E-state index >= 15 is 0 Å². The van der Waals surface area contributed by atoms with Crippen LogP contribution in [0.3, 0.4) is 0 Å². The van der Waals surface area contributed by atoms with Crippen LogP contribution in [-0.2, 0) is 42.9 Å². The molecule has 1 aliphatic carbocycles. The van der Waals surface area contributed by atoms with E-state index in [2.05, 4.69) is 18.9 Å². The van der Waals surface area contributed by atoms with Crippen LogP contribution in [0.25, 0.3) is 0 Å². The van der Waals surface area contributed by atoms with Crippen molar-refractivity contribution in [2.75, 3.05) is 35.5 Å². The molecule has 0 amide bonds. The van der Waals surface area contributed by atoms with Crippen molar-refractivity contribution in [2.24, 2.45) is 29.6 Å². The molecular formula is C15H22O10. The highest BCUT2D eigenvalue weighted by Gasteiger charge is 2.65. The van der Waals surface area contributed by atoms with Gasteiger partial charge in [-0.2, -0.15) is 0 Å². The number of hydrogen-bond donors (Lipinski definition) is 1. The van der Waals surface area contributed by atoms with Gasteiger partial charge in [0.2, 0.25) is 0 Å². The average Bonchev–Trinajstić information content (AvgIpc) is 3.00. The topological polar surface area (TPSA) is 135 Å². The normalized spacial score (nSPS) is 29.4. The molecule has 10 heteroatoms.